The smallest absolute Gasteiger partial charge is 0.316 e. The summed E-state index contributed by atoms with van der Waals surface area (Å²) in [6.45, 7) is 0.600. The fourth-order valence-corrected chi connectivity index (χ4v) is 3.06. The Balaban J connectivity index is 1.82. The zero-order valence-electron chi connectivity index (χ0n) is 12.5. The van der Waals surface area contributed by atoms with Crippen molar-refractivity contribution in [2.75, 3.05) is 11.9 Å². The van der Waals surface area contributed by atoms with Crippen LogP contribution in [-0.4, -0.2) is 17.5 Å². The Morgan fingerprint density at radius 3 is 2.74 bits per heavy atom. The maximum atomic E-state index is 12.6. The summed E-state index contributed by atoms with van der Waals surface area (Å²) < 4.78 is 0. The second-order valence-electron chi connectivity index (χ2n) is 5.46. The highest BCUT2D eigenvalue weighted by Crippen LogP contribution is 2.32. The maximum absolute atomic E-state index is 12.6. The number of urea groups is 1. The molecule has 0 bridgehead atoms. The Morgan fingerprint density at radius 2 is 2.00 bits per heavy atom. The quantitative estimate of drug-likeness (QED) is 0.890. The lowest BCUT2D eigenvalue weighted by Gasteiger charge is -2.36. The van der Waals surface area contributed by atoms with Gasteiger partial charge in [0.25, 0.3) is 0 Å². The van der Waals surface area contributed by atoms with Gasteiger partial charge in [-0.25, -0.2) is 4.79 Å². The lowest BCUT2D eigenvalue weighted by Crippen LogP contribution is -2.42. The lowest BCUT2D eigenvalue weighted by atomic mass is 9.91. The van der Waals surface area contributed by atoms with Crippen LogP contribution >= 0.6 is 11.6 Å². The molecule has 0 aromatic heterocycles. The summed E-state index contributed by atoms with van der Waals surface area (Å²) in [4.78, 5) is 14.4. The van der Waals surface area contributed by atoms with Crippen molar-refractivity contribution in [3.05, 3.63) is 64.7 Å². The number of halogens is 1. The molecular weight excluding hydrogens is 310 g/mol. The number of rotatable bonds is 2. The molecule has 4 nitrogen and oxygen atoms in total. The van der Waals surface area contributed by atoms with E-state index in [-0.39, 0.29) is 18.5 Å². The number of nitrogens with one attached hydrogen (secondary N) is 1. The average molecular weight is 326 g/mol. The molecule has 2 aromatic rings. The summed E-state index contributed by atoms with van der Waals surface area (Å²) in [6, 6.07) is 16.8. The Bertz CT molecular complexity index is 752. The van der Waals surface area contributed by atoms with Crippen LogP contribution in [0.1, 0.15) is 23.6 Å². The molecule has 0 radical (unpaired) electrons. The van der Waals surface area contributed by atoms with Gasteiger partial charge in [-0.15, -0.1) is 0 Å². The molecule has 2 amide bonds. The van der Waals surface area contributed by atoms with Gasteiger partial charge in [-0.05, 0) is 41.8 Å². The zero-order valence-corrected chi connectivity index (χ0v) is 13.3. The molecule has 2 aromatic carbocycles. The van der Waals surface area contributed by atoms with Gasteiger partial charge in [0, 0.05) is 17.3 Å². The molecule has 1 aliphatic heterocycles. The lowest BCUT2D eigenvalue weighted by molar-refractivity contribution is 0.183. The summed E-state index contributed by atoms with van der Waals surface area (Å²) in [5, 5.41) is 12.6. The third-order valence-electron chi connectivity index (χ3n) is 4.05. The van der Waals surface area contributed by atoms with Gasteiger partial charge in [0.2, 0.25) is 0 Å². The molecule has 1 N–H and O–H groups in total. The second-order valence-corrected chi connectivity index (χ2v) is 5.89. The summed E-state index contributed by atoms with van der Waals surface area (Å²) in [6.07, 6.45) is 1.08. The number of benzene rings is 2. The summed E-state index contributed by atoms with van der Waals surface area (Å²) in [7, 11) is 0. The number of nitriles is 1. The third kappa shape index (κ3) is 3.30. The molecule has 0 saturated carbocycles. The highest BCUT2D eigenvalue weighted by molar-refractivity contribution is 6.30. The van der Waals surface area contributed by atoms with Crippen LogP contribution in [-0.2, 0) is 6.42 Å². The minimum Gasteiger partial charge on any atom is -0.316 e. The summed E-state index contributed by atoms with van der Waals surface area (Å²) in [5.74, 6) is 0. The van der Waals surface area contributed by atoms with E-state index >= 15 is 0 Å². The van der Waals surface area contributed by atoms with E-state index in [0.717, 1.165) is 12.0 Å². The first kappa shape index (κ1) is 15.4. The van der Waals surface area contributed by atoms with Crippen LogP contribution in [0.3, 0.4) is 0 Å². The van der Waals surface area contributed by atoms with E-state index < -0.39 is 0 Å². The van der Waals surface area contributed by atoms with Gasteiger partial charge < -0.3 is 10.2 Å². The molecule has 5 heteroatoms. The molecule has 0 saturated heterocycles. The number of carbonyl (C=O) groups is 1. The van der Waals surface area contributed by atoms with Gasteiger partial charge in [0.1, 0.15) is 0 Å². The number of amides is 2. The number of anilines is 1. The Labute approximate surface area is 140 Å². The van der Waals surface area contributed by atoms with Crippen LogP contribution in [0.25, 0.3) is 0 Å². The number of fused-ring (bicyclic) bond motifs is 1. The summed E-state index contributed by atoms with van der Waals surface area (Å²) >= 11 is 5.86. The first-order chi connectivity index (χ1) is 11.2. The molecular formula is C18H16ClN3O. The minimum atomic E-state index is -0.211. The molecule has 0 fully saturated rings. The highest BCUT2D eigenvalue weighted by atomic mass is 35.5. The van der Waals surface area contributed by atoms with Crippen LogP contribution in [0.5, 0.6) is 0 Å². The first-order valence-corrected chi connectivity index (χ1v) is 7.85. The molecule has 1 aliphatic rings. The SMILES string of the molecule is N#CC[C@@H]1c2ccccc2CCN1C(=O)Nc1ccc(Cl)cc1. The van der Waals surface area contributed by atoms with E-state index in [4.69, 9.17) is 16.9 Å². The van der Waals surface area contributed by atoms with Crippen LogP contribution in [0.15, 0.2) is 48.5 Å². The van der Waals surface area contributed by atoms with E-state index in [1.807, 2.05) is 18.2 Å². The van der Waals surface area contributed by atoms with Crippen molar-refractivity contribution in [1.82, 2.24) is 4.90 Å². The maximum Gasteiger partial charge on any atom is 0.322 e. The second kappa shape index (κ2) is 6.72. The van der Waals surface area contributed by atoms with E-state index in [0.29, 0.717) is 17.3 Å². The number of nitrogens with zero attached hydrogens (tertiary/aromatic N) is 2. The van der Waals surface area contributed by atoms with Crippen molar-refractivity contribution in [2.45, 2.75) is 18.9 Å². The standard InChI is InChI=1S/C18H16ClN3O/c19-14-5-7-15(8-6-14)21-18(23)22-12-10-13-3-1-2-4-16(13)17(22)9-11-20/h1-8,17H,9-10,12H2,(H,21,23)/t17-/m1/s1. The monoisotopic (exact) mass is 325 g/mol. The van der Waals surface area contributed by atoms with Crippen LogP contribution in [0, 0.1) is 11.3 Å². The normalized spacial score (nSPS) is 16.3. The predicted octanol–water partition coefficient (Wildman–Crippen LogP) is 4.38. The Hall–Kier alpha value is -2.51. The van der Waals surface area contributed by atoms with Gasteiger partial charge in [-0.1, -0.05) is 35.9 Å². The average Bonchev–Trinajstić information content (AvgIpc) is 2.57. The number of hydrogen-bond donors (Lipinski definition) is 1. The topological polar surface area (TPSA) is 56.1 Å². The van der Waals surface area contributed by atoms with Crippen molar-refractivity contribution in [2.24, 2.45) is 0 Å². The number of carbonyl (C=O) groups excluding carboxylic acids is 1. The van der Waals surface area contributed by atoms with E-state index in [1.165, 1.54) is 5.56 Å². The van der Waals surface area contributed by atoms with Crippen molar-refractivity contribution in [3.63, 3.8) is 0 Å². The predicted molar refractivity (Wildman–Crippen MR) is 90.3 cm³/mol. The molecule has 23 heavy (non-hydrogen) atoms. The Kier molecular flexibility index (Phi) is 4.50. The first-order valence-electron chi connectivity index (χ1n) is 7.47. The minimum absolute atomic E-state index is 0.193. The fourth-order valence-electron chi connectivity index (χ4n) is 2.93. The van der Waals surface area contributed by atoms with Gasteiger partial charge in [-0.3, -0.25) is 0 Å². The van der Waals surface area contributed by atoms with Crippen molar-refractivity contribution in [1.29, 1.82) is 5.26 Å². The van der Waals surface area contributed by atoms with E-state index in [1.54, 1.807) is 29.2 Å². The molecule has 0 aliphatic carbocycles. The van der Waals surface area contributed by atoms with Crippen molar-refractivity contribution in [3.8, 4) is 6.07 Å². The highest BCUT2D eigenvalue weighted by Gasteiger charge is 2.30. The Morgan fingerprint density at radius 1 is 1.26 bits per heavy atom. The van der Waals surface area contributed by atoms with Gasteiger partial charge in [-0.2, -0.15) is 5.26 Å². The van der Waals surface area contributed by atoms with Crippen LogP contribution < -0.4 is 5.32 Å². The zero-order chi connectivity index (χ0) is 16.2. The van der Waals surface area contributed by atoms with Gasteiger partial charge in [0.05, 0.1) is 18.5 Å². The van der Waals surface area contributed by atoms with Crippen LogP contribution in [0.4, 0.5) is 10.5 Å². The molecule has 0 spiro atoms. The molecule has 0 unspecified atom stereocenters. The van der Waals surface area contributed by atoms with Gasteiger partial charge in [0.15, 0.2) is 0 Å². The third-order valence-corrected chi connectivity index (χ3v) is 4.31. The van der Waals surface area contributed by atoms with Crippen LogP contribution in [0.2, 0.25) is 5.02 Å². The molecule has 1 heterocycles. The molecule has 3 rings (SSSR count). The molecule has 1 atom stereocenters. The van der Waals surface area contributed by atoms with Crippen molar-refractivity contribution >= 4 is 23.3 Å². The summed E-state index contributed by atoms with van der Waals surface area (Å²) in [5.41, 5.74) is 2.96. The van der Waals surface area contributed by atoms with Crippen molar-refractivity contribution < 1.29 is 4.79 Å². The fraction of sp³-hybridized carbons (Fsp3) is 0.222. The largest absolute Gasteiger partial charge is 0.322 e. The van der Waals surface area contributed by atoms with Gasteiger partial charge >= 0.3 is 6.03 Å². The van der Waals surface area contributed by atoms with E-state index in [9.17, 15) is 4.79 Å². The van der Waals surface area contributed by atoms with E-state index in [2.05, 4.69) is 17.5 Å². The molecule has 116 valence electrons. The number of hydrogen-bond acceptors (Lipinski definition) is 2.